The molecule has 1 heterocycles. The fourth-order valence-electron chi connectivity index (χ4n) is 1.20. The zero-order valence-corrected chi connectivity index (χ0v) is 7.21. The van der Waals surface area contributed by atoms with E-state index in [4.69, 9.17) is 14.2 Å². The number of rotatable bonds is 2. The molecule has 0 aromatic carbocycles. The molecule has 66 valence electrons. The molecule has 11 heavy (non-hydrogen) atoms. The minimum Gasteiger partial charge on any atom is -0.376 e. The van der Waals surface area contributed by atoms with E-state index in [1.165, 1.54) is 0 Å². The Morgan fingerprint density at radius 2 is 2.36 bits per heavy atom. The maximum absolute atomic E-state index is 5.43. The van der Waals surface area contributed by atoms with Crippen LogP contribution in [0.15, 0.2) is 0 Å². The van der Waals surface area contributed by atoms with Crippen LogP contribution >= 0.6 is 0 Å². The Hall–Kier alpha value is -0.120. The summed E-state index contributed by atoms with van der Waals surface area (Å²) in [6.45, 7) is 5.86. The molecule has 2 atom stereocenters. The van der Waals surface area contributed by atoms with Gasteiger partial charge in [0.1, 0.15) is 6.79 Å². The molecule has 0 aromatic rings. The standard InChI is InChI=1S/C8H16O3/c1-3-10-8-4-7(2)11-6-9-5-8/h7-8H,3-6H2,1-2H3. The molecule has 1 aliphatic rings. The van der Waals surface area contributed by atoms with E-state index < -0.39 is 0 Å². The Kier molecular flexibility index (Phi) is 3.83. The number of ether oxygens (including phenoxy) is 3. The van der Waals surface area contributed by atoms with Crippen molar-refractivity contribution in [2.24, 2.45) is 0 Å². The minimum absolute atomic E-state index is 0.220. The highest BCUT2D eigenvalue weighted by atomic mass is 16.7. The molecule has 1 aliphatic heterocycles. The Labute approximate surface area is 67.6 Å². The summed E-state index contributed by atoms with van der Waals surface area (Å²) in [5.74, 6) is 0. The van der Waals surface area contributed by atoms with Crippen molar-refractivity contribution in [3.63, 3.8) is 0 Å². The smallest absolute Gasteiger partial charge is 0.147 e. The van der Waals surface area contributed by atoms with Crippen molar-refractivity contribution in [2.75, 3.05) is 20.0 Å². The highest BCUT2D eigenvalue weighted by Crippen LogP contribution is 2.10. The van der Waals surface area contributed by atoms with Gasteiger partial charge >= 0.3 is 0 Å². The molecule has 1 saturated heterocycles. The molecule has 0 bridgehead atoms. The molecule has 1 fully saturated rings. The van der Waals surface area contributed by atoms with E-state index in [2.05, 4.69) is 0 Å². The van der Waals surface area contributed by atoms with E-state index in [-0.39, 0.29) is 12.2 Å². The van der Waals surface area contributed by atoms with Gasteiger partial charge in [0.05, 0.1) is 18.8 Å². The van der Waals surface area contributed by atoms with Crippen LogP contribution in [0, 0.1) is 0 Å². The lowest BCUT2D eigenvalue weighted by atomic mass is 10.2. The monoisotopic (exact) mass is 160 g/mol. The Bertz CT molecular complexity index is 106. The molecule has 0 saturated carbocycles. The van der Waals surface area contributed by atoms with Crippen LogP contribution in [-0.2, 0) is 14.2 Å². The number of hydrogen-bond acceptors (Lipinski definition) is 3. The van der Waals surface area contributed by atoms with Gasteiger partial charge < -0.3 is 14.2 Å². The Balaban J connectivity index is 2.27. The van der Waals surface area contributed by atoms with Gasteiger partial charge in [-0.2, -0.15) is 0 Å². The van der Waals surface area contributed by atoms with E-state index in [1.54, 1.807) is 0 Å². The van der Waals surface area contributed by atoms with Gasteiger partial charge in [0.2, 0.25) is 0 Å². The van der Waals surface area contributed by atoms with Gasteiger partial charge in [-0.1, -0.05) is 0 Å². The minimum atomic E-state index is 0.220. The van der Waals surface area contributed by atoms with Crippen LogP contribution in [0.5, 0.6) is 0 Å². The van der Waals surface area contributed by atoms with Gasteiger partial charge in [-0.3, -0.25) is 0 Å². The Morgan fingerprint density at radius 1 is 1.55 bits per heavy atom. The average Bonchev–Trinajstić information content (AvgIpc) is 2.15. The third-order valence-corrected chi connectivity index (χ3v) is 1.74. The van der Waals surface area contributed by atoms with Crippen molar-refractivity contribution in [1.82, 2.24) is 0 Å². The first-order valence-electron chi connectivity index (χ1n) is 4.14. The molecule has 0 amide bonds. The van der Waals surface area contributed by atoms with Crippen LogP contribution < -0.4 is 0 Å². The first-order valence-corrected chi connectivity index (χ1v) is 4.14. The van der Waals surface area contributed by atoms with Gasteiger partial charge in [-0.05, 0) is 13.8 Å². The molecule has 0 aromatic heterocycles. The highest BCUT2D eigenvalue weighted by molar-refractivity contribution is 4.63. The summed E-state index contributed by atoms with van der Waals surface area (Å²) in [4.78, 5) is 0. The first-order chi connectivity index (χ1) is 5.33. The molecule has 0 radical (unpaired) electrons. The molecule has 2 unspecified atom stereocenters. The zero-order chi connectivity index (χ0) is 8.10. The van der Waals surface area contributed by atoms with Gasteiger partial charge in [0.15, 0.2) is 0 Å². The molecule has 0 aliphatic carbocycles. The normalized spacial score (nSPS) is 33.3. The lowest BCUT2D eigenvalue weighted by Crippen LogP contribution is -2.21. The SMILES string of the molecule is CCOC1COCOC(C)C1. The third kappa shape index (κ3) is 3.18. The second-order valence-electron chi connectivity index (χ2n) is 2.78. The summed E-state index contributed by atoms with van der Waals surface area (Å²) in [6, 6.07) is 0. The van der Waals surface area contributed by atoms with Gasteiger partial charge in [0, 0.05) is 13.0 Å². The first kappa shape index (κ1) is 8.97. The summed E-state index contributed by atoms with van der Waals surface area (Å²) < 4.78 is 15.9. The van der Waals surface area contributed by atoms with E-state index in [1.807, 2.05) is 13.8 Å². The van der Waals surface area contributed by atoms with E-state index >= 15 is 0 Å². The van der Waals surface area contributed by atoms with Crippen molar-refractivity contribution < 1.29 is 14.2 Å². The lowest BCUT2D eigenvalue weighted by molar-refractivity contribution is -0.0680. The van der Waals surface area contributed by atoms with Crippen LogP contribution in [0.1, 0.15) is 20.3 Å². The molecular formula is C8H16O3. The quantitative estimate of drug-likeness (QED) is 0.607. The molecular weight excluding hydrogens is 144 g/mol. The molecule has 0 N–H and O–H groups in total. The van der Waals surface area contributed by atoms with Gasteiger partial charge in [-0.25, -0.2) is 0 Å². The molecule has 3 nitrogen and oxygen atoms in total. The predicted molar refractivity (Wildman–Crippen MR) is 41.4 cm³/mol. The van der Waals surface area contributed by atoms with E-state index in [9.17, 15) is 0 Å². The van der Waals surface area contributed by atoms with Gasteiger partial charge in [0.25, 0.3) is 0 Å². The molecule has 0 spiro atoms. The second-order valence-corrected chi connectivity index (χ2v) is 2.78. The fraction of sp³-hybridized carbons (Fsp3) is 1.00. The number of hydrogen-bond donors (Lipinski definition) is 0. The maximum atomic E-state index is 5.43. The average molecular weight is 160 g/mol. The molecule has 3 heteroatoms. The summed E-state index contributed by atoms with van der Waals surface area (Å²) in [5.41, 5.74) is 0. The summed E-state index contributed by atoms with van der Waals surface area (Å²) in [5, 5.41) is 0. The highest BCUT2D eigenvalue weighted by Gasteiger charge is 2.17. The van der Waals surface area contributed by atoms with E-state index in [0.29, 0.717) is 13.4 Å². The fourth-order valence-corrected chi connectivity index (χ4v) is 1.20. The second kappa shape index (κ2) is 4.70. The maximum Gasteiger partial charge on any atom is 0.147 e. The van der Waals surface area contributed by atoms with Crippen LogP contribution in [0.3, 0.4) is 0 Å². The summed E-state index contributed by atoms with van der Waals surface area (Å²) >= 11 is 0. The largest absolute Gasteiger partial charge is 0.376 e. The predicted octanol–water partition coefficient (Wildman–Crippen LogP) is 1.17. The van der Waals surface area contributed by atoms with Crippen molar-refractivity contribution >= 4 is 0 Å². The summed E-state index contributed by atoms with van der Waals surface area (Å²) in [6.07, 6.45) is 1.42. The van der Waals surface area contributed by atoms with Crippen molar-refractivity contribution in [3.8, 4) is 0 Å². The Morgan fingerprint density at radius 3 is 3.09 bits per heavy atom. The summed E-state index contributed by atoms with van der Waals surface area (Å²) in [7, 11) is 0. The van der Waals surface area contributed by atoms with Crippen molar-refractivity contribution in [1.29, 1.82) is 0 Å². The molecule has 1 rings (SSSR count). The van der Waals surface area contributed by atoms with Crippen molar-refractivity contribution in [3.05, 3.63) is 0 Å². The lowest BCUT2D eigenvalue weighted by Gasteiger charge is -2.14. The van der Waals surface area contributed by atoms with Crippen LogP contribution in [0.25, 0.3) is 0 Å². The topological polar surface area (TPSA) is 27.7 Å². The van der Waals surface area contributed by atoms with E-state index in [0.717, 1.165) is 13.0 Å². The van der Waals surface area contributed by atoms with Crippen LogP contribution in [-0.4, -0.2) is 32.2 Å². The zero-order valence-electron chi connectivity index (χ0n) is 7.21. The van der Waals surface area contributed by atoms with Crippen LogP contribution in [0.2, 0.25) is 0 Å². The third-order valence-electron chi connectivity index (χ3n) is 1.74. The van der Waals surface area contributed by atoms with Crippen molar-refractivity contribution in [2.45, 2.75) is 32.5 Å². The van der Waals surface area contributed by atoms with Gasteiger partial charge in [-0.15, -0.1) is 0 Å². The van der Waals surface area contributed by atoms with Crippen LogP contribution in [0.4, 0.5) is 0 Å².